The fraction of sp³-hybridized carbons (Fsp3) is 0.0769. The Labute approximate surface area is 190 Å². The lowest BCUT2D eigenvalue weighted by Crippen LogP contribution is -2.29. The average molecular weight is 440 g/mol. The number of imide groups is 1. The molecule has 0 unspecified atom stereocenters. The quantitative estimate of drug-likeness (QED) is 0.340. The minimum Gasteiger partial charge on any atom is -0.457 e. The van der Waals surface area contributed by atoms with Gasteiger partial charge in [-0.05, 0) is 48.0 Å². The average Bonchev–Trinajstić information content (AvgIpc) is 3.08. The number of hydrogen-bond donors (Lipinski definition) is 1. The van der Waals surface area contributed by atoms with Crippen LogP contribution in [0.15, 0.2) is 85.5 Å². The number of benzene rings is 3. The number of esters is 1. The monoisotopic (exact) mass is 440 g/mol. The third-order valence-corrected chi connectivity index (χ3v) is 5.14. The molecule has 164 valence electrons. The Bertz CT molecular complexity index is 1250. The molecule has 3 aromatic rings. The van der Waals surface area contributed by atoms with Crippen molar-refractivity contribution in [2.24, 2.45) is 0 Å². The van der Waals surface area contributed by atoms with E-state index < -0.39 is 17.8 Å². The molecule has 33 heavy (non-hydrogen) atoms. The molecule has 0 fully saturated rings. The van der Waals surface area contributed by atoms with Gasteiger partial charge in [-0.3, -0.25) is 19.3 Å². The van der Waals surface area contributed by atoms with Crippen LogP contribution in [0, 0.1) is 0 Å². The Morgan fingerprint density at radius 3 is 2.24 bits per heavy atom. The van der Waals surface area contributed by atoms with E-state index in [-0.39, 0.29) is 35.7 Å². The first-order valence-electron chi connectivity index (χ1n) is 10.2. The van der Waals surface area contributed by atoms with Gasteiger partial charge in [-0.15, -0.1) is 6.58 Å². The number of ether oxygens (including phenoxy) is 1. The summed E-state index contributed by atoms with van der Waals surface area (Å²) in [4.78, 5) is 50.6. The van der Waals surface area contributed by atoms with E-state index >= 15 is 0 Å². The van der Waals surface area contributed by atoms with Crippen molar-refractivity contribution in [1.82, 2.24) is 4.90 Å². The van der Waals surface area contributed by atoms with E-state index in [1.807, 2.05) is 18.2 Å². The highest BCUT2D eigenvalue weighted by Crippen LogP contribution is 2.24. The lowest BCUT2D eigenvalue weighted by Gasteiger charge is -2.09. The zero-order chi connectivity index (χ0) is 23.4. The summed E-state index contributed by atoms with van der Waals surface area (Å²) in [7, 11) is 0. The maximum atomic E-state index is 12.5. The first-order chi connectivity index (χ1) is 16.0. The van der Waals surface area contributed by atoms with Crippen molar-refractivity contribution in [3.8, 4) is 0 Å². The smallest absolute Gasteiger partial charge is 0.338 e. The van der Waals surface area contributed by atoms with Crippen LogP contribution in [0.4, 0.5) is 5.69 Å². The molecule has 0 aliphatic carbocycles. The molecule has 0 bridgehead atoms. The summed E-state index contributed by atoms with van der Waals surface area (Å²) in [5.41, 5.74) is 2.47. The molecule has 0 saturated heterocycles. The summed E-state index contributed by atoms with van der Waals surface area (Å²) in [6.45, 7) is 3.64. The maximum Gasteiger partial charge on any atom is 0.338 e. The molecule has 0 spiro atoms. The van der Waals surface area contributed by atoms with E-state index in [2.05, 4.69) is 11.9 Å². The third kappa shape index (κ3) is 4.57. The van der Waals surface area contributed by atoms with E-state index in [1.54, 1.807) is 36.4 Å². The van der Waals surface area contributed by atoms with Crippen LogP contribution in [0.5, 0.6) is 0 Å². The number of para-hydroxylation sites is 1. The third-order valence-electron chi connectivity index (χ3n) is 5.14. The van der Waals surface area contributed by atoms with Crippen molar-refractivity contribution >= 4 is 29.4 Å². The molecule has 0 atom stereocenters. The number of fused-ring (bicyclic) bond motifs is 1. The first-order valence-corrected chi connectivity index (χ1v) is 10.2. The lowest BCUT2D eigenvalue weighted by molar-refractivity contribution is 0.0472. The molecule has 1 N–H and O–H groups in total. The van der Waals surface area contributed by atoms with Gasteiger partial charge in [0.2, 0.25) is 0 Å². The highest BCUT2D eigenvalue weighted by Gasteiger charge is 2.35. The van der Waals surface area contributed by atoms with Crippen LogP contribution < -0.4 is 5.32 Å². The van der Waals surface area contributed by atoms with Crippen LogP contribution in [0.25, 0.3) is 0 Å². The van der Waals surface area contributed by atoms with Gasteiger partial charge < -0.3 is 10.1 Å². The molecular formula is C26H20N2O5. The van der Waals surface area contributed by atoms with E-state index in [1.165, 1.54) is 24.3 Å². The summed E-state index contributed by atoms with van der Waals surface area (Å²) < 4.78 is 5.34. The highest BCUT2D eigenvalue weighted by molar-refractivity contribution is 6.22. The maximum absolute atomic E-state index is 12.5. The minimum atomic E-state index is -0.619. The number of nitrogens with zero attached hydrogens (tertiary/aromatic N) is 1. The first kappa shape index (κ1) is 21.7. The summed E-state index contributed by atoms with van der Waals surface area (Å²) in [5.74, 6) is -1.74. The van der Waals surface area contributed by atoms with Gasteiger partial charge >= 0.3 is 5.97 Å². The van der Waals surface area contributed by atoms with Crippen molar-refractivity contribution in [2.75, 3.05) is 11.9 Å². The van der Waals surface area contributed by atoms with Gasteiger partial charge in [-0.2, -0.15) is 0 Å². The zero-order valence-electron chi connectivity index (χ0n) is 17.6. The van der Waals surface area contributed by atoms with Gasteiger partial charge in [0.15, 0.2) is 0 Å². The molecule has 4 rings (SSSR count). The number of carbonyl (C=O) groups is 4. The molecule has 1 heterocycles. The summed E-state index contributed by atoms with van der Waals surface area (Å²) in [5, 5.41) is 2.80. The predicted molar refractivity (Wildman–Crippen MR) is 122 cm³/mol. The van der Waals surface area contributed by atoms with E-state index in [4.69, 9.17) is 4.74 Å². The van der Waals surface area contributed by atoms with E-state index in [0.717, 1.165) is 4.90 Å². The van der Waals surface area contributed by atoms with Crippen molar-refractivity contribution in [3.63, 3.8) is 0 Å². The van der Waals surface area contributed by atoms with Gasteiger partial charge in [0.25, 0.3) is 17.7 Å². The second-order valence-electron chi connectivity index (χ2n) is 7.36. The van der Waals surface area contributed by atoms with Crippen molar-refractivity contribution in [1.29, 1.82) is 0 Å². The number of anilines is 1. The molecule has 7 heteroatoms. The van der Waals surface area contributed by atoms with Gasteiger partial charge in [0.05, 0.1) is 16.7 Å². The molecule has 0 aromatic heterocycles. The lowest BCUT2D eigenvalue weighted by atomic mass is 10.1. The molecule has 7 nitrogen and oxygen atoms in total. The van der Waals surface area contributed by atoms with Crippen LogP contribution in [-0.4, -0.2) is 35.1 Å². The van der Waals surface area contributed by atoms with Gasteiger partial charge in [0, 0.05) is 17.8 Å². The van der Waals surface area contributed by atoms with E-state index in [0.29, 0.717) is 16.8 Å². The topological polar surface area (TPSA) is 92.8 Å². The van der Waals surface area contributed by atoms with Crippen LogP contribution in [0.2, 0.25) is 0 Å². The van der Waals surface area contributed by atoms with Crippen LogP contribution in [0.1, 0.15) is 47.0 Å². The second-order valence-corrected chi connectivity index (χ2v) is 7.36. The van der Waals surface area contributed by atoms with Crippen molar-refractivity contribution < 1.29 is 23.9 Å². The fourth-order valence-electron chi connectivity index (χ4n) is 3.42. The Morgan fingerprint density at radius 1 is 0.879 bits per heavy atom. The summed E-state index contributed by atoms with van der Waals surface area (Å²) >= 11 is 0. The van der Waals surface area contributed by atoms with Gasteiger partial charge in [-0.1, -0.05) is 36.4 Å². The predicted octanol–water partition coefficient (Wildman–Crippen LogP) is 4.08. The Kier molecular flexibility index (Phi) is 6.13. The Hall–Kier alpha value is -4.52. The zero-order valence-corrected chi connectivity index (χ0v) is 17.6. The second kappa shape index (κ2) is 9.32. The minimum absolute atomic E-state index is 0.00797. The largest absolute Gasteiger partial charge is 0.457 e. The number of hydrogen-bond acceptors (Lipinski definition) is 5. The normalized spacial score (nSPS) is 12.3. The van der Waals surface area contributed by atoms with Gasteiger partial charge in [-0.25, -0.2) is 4.79 Å². The molecule has 1 aliphatic heterocycles. The summed E-state index contributed by atoms with van der Waals surface area (Å²) in [6.07, 6.45) is 1.47. The number of nitrogens with one attached hydrogen (secondary N) is 1. The molecule has 3 aromatic carbocycles. The van der Waals surface area contributed by atoms with Crippen molar-refractivity contribution in [3.05, 3.63) is 113 Å². The highest BCUT2D eigenvalue weighted by atomic mass is 16.5. The van der Waals surface area contributed by atoms with Gasteiger partial charge in [0.1, 0.15) is 6.61 Å². The van der Waals surface area contributed by atoms with Crippen LogP contribution >= 0.6 is 0 Å². The number of carbonyl (C=O) groups excluding carboxylic acids is 4. The van der Waals surface area contributed by atoms with E-state index in [9.17, 15) is 19.2 Å². The molecule has 3 amide bonds. The molecule has 0 radical (unpaired) electrons. The summed E-state index contributed by atoms with van der Waals surface area (Å²) in [6, 6.07) is 20.1. The standard InChI is InChI=1S/C26H20N2O5/c1-2-14-28-24(30)21-13-12-19(15-22(21)25(28)31)26(32)33-16-17-8-10-18(11-9-17)23(29)27-20-6-4-3-5-7-20/h2-13,15H,1,14,16H2,(H,27,29). The number of rotatable bonds is 7. The number of amides is 3. The molecule has 1 aliphatic rings. The molecule has 0 saturated carbocycles. The SMILES string of the molecule is C=CCN1C(=O)c2ccc(C(=O)OCc3ccc(C(=O)Nc4ccccc4)cc3)cc2C1=O. The Morgan fingerprint density at radius 2 is 1.55 bits per heavy atom. The van der Waals surface area contributed by atoms with Crippen molar-refractivity contribution in [2.45, 2.75) is 6.61 Å². The Balaban J connectivity index is 1.38. The van der Waals surface area contributed by atoms with Crippen LogP contribution in [0.3, 0.4) is 0 Å². The fourth-order valence-corrected chi connectivity index (χ4v) is 3.42. The van der Waals surface area contributed by atoms with Crippen LogP contribution in [-0.2, 0) is 11.3 Å². The molecular weight excluding hydrogens is 420 g/mol.